The molecular weight excluding hydrogens is 494 g/mol. The summed E-state index contributed by atoms with van der Waals surface area (Å²) in [4.78, 5) is 22.8. The average Bonchev–Trinajstić information content (AvgIpc) is 3.42. The Hall–Kier alpha value is -2.58. The van der Waals surface area contributed by atoms with Gasteiger partial charge >= 0.3 is 0 Å². The number of benzene rings is 1. The molecule has 1 N–H and O–H groups in total. The Bertz CT molecular complexity index is 1410. The van der Waals surface area contributed by atoms with Gasteiger partial charge in [0.05, 0.1) is 4.90 Å². The largest absolute Gasteiger partial charge is 0.324 e. The van der Waals surface area contributed by atoms with Crippen LogP contribution >= 0.6 is 0 Å². The first-order valence-corrected chi connectivity index (χ1v) is 15.4. The summed E-state index contributed by atoms with van der Waals surface area (Å²) in [5.41, 5.74) is 2.94. The standard InChI is InChI=1S/C30H39N5O2S/c1-20(2)22-12-14-30(15-13-22)18-34(19-30)38(37)25-9-10-26(21(3)16-25)32-29-31-17-23-8-11-27(36)35(28(23)33-29)24-6-4-5-7-24/h8-11,16-17,20,22,24H,4-7,12-15,18-19H2,1-3H3,(H,31,32,33). The van der Waals surface area contributed by atoms with Crippen LogP contribution in [-0.2, 0) is 11.0 Å². The molecule has 0 radical (unpaired) electrons. The van der Waals surface area contributed by atoms with Gasteiger partial charge in [0.15, 0.2) is 0 Å². The van der Waals surface area contributed by atoms with E-state index in [9.17, 15) is 9.00 Å². The molecule has 2 saturated carbocycles. The third kappa shape index (κ3) is 4.81. The lowest BCUT2D eigenvalue weighted by molar-refractivity contribution is 0.0112. The highest BCUT2D eigenvalue weighted by atomic mass is 32.2. The Morgan fingerprint density at radius 2 is 1.79 bits per heavy atom. The number of aromatic nitrogens is 3. The van der Waals surface area contributed by atoms with Crippen molar-refractivity contribution in [3.63, 3.8) is 0 Å². The van der Waals surface area contributed by atoms with Gasteiger partial charge in [-0.1, -0.05) is 26.7 Å². The zero-order valence-corrected chi connectivity index (χ0v) is 23.6. The van der Waals surface area contributed by atoms with Crippen LogP contribution in [0.25, 0.3) is 11.0 Å². The van der Waals surface area contributed by atoms with E-state index in [2.05, 4.69) is 28.5 Å². The van der Waals surface area contributed by atoms with E-state index in [0.29, 0.717) is 17.0 Å². The summed E-state index contributed by atoms with van der Waals surface area (Å²) in [6.45, 7) is 8.58. The first-order valence-electron chi connectivity index (χ1n) is 14.2. The van der Waals surface area contributed by atoms with Crippen LogP contribution in [0.5, 0.6) is 0 Å². The van der Waals surface area contributed by atoms with Crippen LogP contribution in [0.15, 0.2) is 46.2 Å². The zero-order valence-electron chi connectivity index (χ0n) is 22.8. The van der Waals surface area contributed by atoms with Crippen molar-refractivity contribution < 1.29 is 4.21 Å². The van der Waals surface area contributed by atoms with Crippen LogP contribution in [0.2, 0.25) is 0 Å². The second-order valence-electron chi connectivity index (χ2n) is 12.2. The van der Waals surface area contributed by atoms with Gasteiger partial charge in [0.1, 0.15) is 16.6 Å². The molecule has 1 aromatic carbocycles. The topological polar surface area (TPSA) is 80.1 Å². The Kier molecular flexibility index (Phi) is 6.89. The Labute approximate surface area is 227 Å². The molecule has 1 atom stereocenters. The van der Waals surface area contributed by atoms with Crippen LogP contribution in [0, 0.1) is 24.2 Å². The van der Waals surface area contributed by atoms with Gasteiger partial charge in [-0.3, -0.25) is 9.36 Å². The van der Waals surface area contributed by atoms with Crippen molar-refractivity contribution in [2.45, 2.75) is 83.1 Å². The number of aryl methyl sites for hydroxylation is 1. The average molecular weight is 534 g/mol. The smallest absolute Gasteiger partial charge is 0.252 e. The fourth-order valence-electron chi connectivity index (χ4n) is 6.82. The van der Waals surface area contributed by atoms with E-state index in [1.54, 1.807) is 18.3 Å². The minimum atomic E-state index is -1.14. The Morgan fingerprint density at radius 1 is 1.05 bits per heavy atom. The molecule has 1 saturated heterocycles. The van der Waals surface area contributed by atoms with Crippen molar-refractivity contribution in [3.05, 3.63) is 52.4 Å². The van der Waals surface area contributed by atoms with Gasteiger partial charge in [0.25, 0.3) is 5.56 Å². The van der Waals surface area contributed by atoms with Crippen LogP contribution in [0.1, 0.15) is 76.8 Å². The molecule has 8 heteroatoms. The number of hydrogen-bond acceptors (Lipinski definition) is 5. The lowest BCUT2D eigenvalue weighted by atomic mass is 9.65. The van der Waals surface area contributed by atoms with Gasteiger partial charge in [-0.05, 0) is 92.5 Å². The van der Waals surface area contributed by atoms with Gasteiger partial charge in [-0.25, -0.2) is 13.5 Å². The molecule has 6 rings (SSSR count). The maximum atomic E-state index is 13.3. The molecule has 3 fully saturated rings. The lowest BCUT2D eigenvalue weighted by Gasteiger charge is -2.53. The molecular formula is C30H39N5O2S. The number of hydrogen-bond donors (Lipinski definition) is 1. The third-order valence-corrected chi connectivity index (χ3v) is 10.7. The lowest BCUT2D eigenvalue weighted by Crippen LogP contribution is -2.57. The Balaban J connectivity index is 1.15. The zero-order chi connectivity index (χ0) is 26.4. The maximum Gasteiger partial charge on any atom is 0.252 e. The fourth-order valence-corrected chi connectivity index (χ4v) is 8.37. The molecule has 3 aliphatic rings. The molecule has 1 spiro atoms. The molecule has 0 bridgehead atoms. The Morgan fingerprint density at radius 3 is 2.47 bits per heavy atom. The monoisotopic (exact) mass is 533 g/mol. The predicted molar refractivity (Wildman–Crippen MR) is 153 cm³/mol. The fraction of sp³-hybridized carbons (Fsp3) is 0.567. The van der Waals surface area contributed by atoms with Crippen molar-refractivity contribution in [2.75, 3.05) is 18.4 Å². The number of rotatable bonds is 6. The second kappa shape index (κ2) is 10.2. The summed E-state index contributed by atoms with van der Waals surface area (Å²) < 4.78 is 17.3. The maximum absolute atomic E-state index is 13.3. The van der Waals surface area contributed by atoms with Crippen LogP contribution in [-0.4, -0.2) is 36.1 Å². The summed E-state index contributed by atoms with van der Waals surface area (Å²) in [6, 6.07) is 9.55. The van der Waals surface area contributed by atoms with Crippen LogP contribution in [0.4, 0.5) is 11.6 Å². The number of pyridine rings is 1. The van der Waals surface area contributed by atoms with E-state index in [1.165, 1.54) is 25.7 Å². The first kappa shape index (κ1) is 25.7. The van der Waals surface area contributed by atoms with Crippen molar-refractivity contribution in [1.82, 2.24) is 18.8 Å². The number of fused-ring (bicyclic) bond motifs is 1. The van der Waals surface area contributed by atoms with E-state index in [1.807, 2.05) is 29.7 Å². The summed E-state index contributed by atoms with van der Waals surface area (Å²) in [7, 11) is -1.14. The highest BCUT2D eigenvalue weighted by Crippen LogP contribution is 2.48. The molecule has 3 heterocycles. The predicted octanol–water partition coefficient (Wildman–Crippen LogP) is 6.13. The van der Waals surface area contributed by atoms with Gasteiger partial charge in [0, 0.05) is 42.5 Å². The molecule has 2 aromatic heterocycles. The summed E-state index contributed by atoms with van der Waals surface area (Å²) in [5.74, 6) is 2.09. The first-order chi connectivity index (χ1) is 18.3. The summed E-state index contributed by atoms with van der Waals surface area (Å²) in [6.07, 6.45) is 11.3. The normalized spacial score (nSPS) is 21.3. The number of nitrogens with one attached hydrogen (secondary N) is 1. The molecule has 38 heavy (non-hydrogen) atoms. The van der Waals surface area contributed by atoms with Crippen LogP contribution in [0.3, 0.4) is 0 Å². The number of anilines is 2. The summed E-state index contributed by atoms with van der Waals surface area (Å²) >= 11 is 0. The SMILES string of the molecule is Cc1cc(S(=O)N2CC3(CCC(C(C)C)CC3)C2)ccc1Nc1ncc2ccc(=O)n(C3CCCC3)c2n1. The van der Waals surface area contributed by atoms with Crippen molar-refractivity contribution >= 4 is 33.7 Å². The van der Waals surface area contributed by atoms with Crippen molar-refractivity contribution in [2.24, 2.45) is 17.3 Å². The molecule has 1 aliphatic heterocycles. The molecule has 2 aliphatic carbocycles. The van der Waals surface area contributed by atoms with E-state index in [-0.39, 0.29) is 11.6 Å². The van der Waals surface area contributed by atoms with Gasteiger partial charge in [-0.15, -0.1) is 0 Å². The van der Waals surface area contributed by atoms with Gasteiger partial charge in [-0.2, -0.15) is 4.98 Å². The van der Waals surface area contributed by atoms with E-state index >= 15 is 0 Å². The van der Waals surface area contributed by atoms with Gasteiger partial charge in [0.2, 0.25) is 5.95 Å². The van der Waals surface area contributed by atoms with E-state index in [0.717, 1.165) is 72.1 Å². The highest BCUT2D eigenvalue weighted by molar-refractivity contribution is 7.82. The van der Waals surface area contributed by atoms with Crippen molar-refractivity contribution in [3.8, 4) is 0 Å². The van der Waals surface area contributed by atoms with Gasteiger partial charge < -0.3 is 5.32 Å². The van der Waals surface area contributed by atoms with E-state index < -0.39 is 11.0 Å². The second-order valence-corrected chi connectivity index (χ2v) is 13.7. The minimum Gasteiger partial charge on any atom is -0.324 e. The van der Waals surface area contributed by atoms with Crippen molar-refractivity contribution in [1.29, 1.82) is 0 Å². The quantitative estimate of drug-likeness (QED) is 0.412. The molecule has 0 amide bonds. The third-order valence-electron chi connectivity index (χ3n) is 9.29. The highest BCUT2D eigenvalue weighted by Gasteiger charge is 2.47. The van der Waals surface area contributed by atoms with Crippen LogP contribution < -0.4 is 10.9 Å². The molecule has 7 nitrogen and oxygen atoms in total. The summed E-state index contributed by atoms with van der Waals surface area (Å²) in [5, 5.41) is 4.20. The van der Waals surface area contributed by atoms with E-state index in [4.69, 9.17) is 4.98 Å². The molecule has 1 unspecified atom stereocenters. The number of nitrogens with zero attached hydrogens (tertiary/aromatic N) is 4. The minimum absolute atomic E-state index is 0.00203. The molecule has 3 aromatic rings. The molecule has 202 valence electrons.